The number of hydrogen-bond donors (Lipinski definition) is 1. The Morgan fingerprint density at radius 3 is 2.25 bits per heavy atom. The van der Waals surface area contributed by atoms with E-state index in [1.54, 1.807) is 4.90 Å². The molecule has 0 aromatic rings. The zero-order valence-corrected chi connectivity index (χ0v) is 11.3. The number of nitrogens with zero attached hydrogens (tertiary/aromatic N) is 1. The molecule has 3 heteroatoms. The number of amides is 1. The molecule has 0 bridgehead atoms. The number of rotatable bonds is 6. The fourth-order valence-electron chi connectivity index (χ4n) is 2.14. The van der Waals surface area contributed by atoms with E-state index in [2.05, 4.69) is 26.1 Å². The van der Waals surface area contributed by atoms with E-state index in [1.165, 1.54) is 12.8 Å². The van der Waals surface area contributed by atoms with Crippen molar-refractivity contribution in [3.05, 3.63) is 0 Å². The molecule has 0 spiro atoms. The van der Waals surface area contributed by atoms with Crippen LogP contribution >= 0.6 is 0 Å². The average molecular weight is 226 g/mol. The fourth-order valence-corrected chi connectivity index (χ4v) is 2.14. The van der Waals surface area contributed by atoms with E-state index in [9.17, 15) is 4.79 Å². The molecule has 0 heterocycles. The Kier molecular flexibility index (Phi) is 4.78. The number of likely N-dealkylation sites (N-methyl/N-ethyl adjacent to an activating group) is 1. The number of hydrogen-bond acceptors (Lipinski definition) is 2. The zero-order chi connectivity index (χ0) is 12.3. The van der Waals surface area contributed by atoms with Gasteiger partial charge in [0.25, 0.3) is 0 Å². The van der Waals surface area contributed by atoms with Gasteiger partial charge < -0.3 is 10.2 Å². The number of carbonyl (C=O) groups excluding carboxylic acids is 1. The van der Waals surface area contributed by atoms with E-state index in [4.69, 9.17) is 0 Å². The lowest BCUT2D eigenvalue weighted by Crippen LogP contribution is -2.51. The molecule has 0 aromatic heterocycles. The largest absolute Gasteiger partial charge is 0.347 e. The predicted octanol–water partition coefficient (Wildman–Crippen LogP) is 1.88. The van der Waals surface area contributed by atoms with Gasteiger partial charge in [0.2, 0.25) is 5.91 Å². The van der Waals surface area contributed by atoms with E-state index in [0.717, 1.165) is 12.3 Å². The van der Waals surface area contributed by atoms with Gasteiger partial charge in [-0.2, -0.15) is 0 Å². The van der Waals surface area contributed by atoms with Gasteiger partial charge in [-0.3, -0.25) is 4.79 Å². The van der Waals surface area contributed by atoms with Crippen LogP contribution < -0.4 is 5.32 Å². The standard InChI is InChI=1S/C13H26N2O/c1-6-11(10-7-8-10)14-12(9(2)3)13(16)15(4)5/h9-12,14H,6-8H2,1-5H3. The molecule has 1 rings (SSSR count). The highest BCUT2D eigenvalue weighted by Gasteiger charge is 2.34. The van der Waals surface area contributed by atoms with E-state index in [-0.39, 0.29) is 11.9 Å². The molecular formula is C13H26N2O. The molecule has 1 amide bonds. The summed E-state index contributed by atoms with van der Waals surface area (Å²) >= 11 is 0. The van der Waals surface area contributed by atoms with Crippen molar-refractivity contribution in [3.8, 4) is 0 Å². The van der Waals surface area contributed by atoms with Crippen LogP contribution in [-0.2, 0) is 4.79 Å². The van der Waals surface area contributed by atoms with E-state index < -0.39 is 0 Å². The maximum Gasteiger partial charge on any atom is 0.239 e. The van der Waals surface area contributed by atoms with Crippen LogP contribution in [-0.4, -0.2) is 37.0 Å². The second-order valence-electron chi connectivity index (χ2n) is 5.47. The van der Waals surface area contributed by atoms with Crippen LogP contribution in [0.5, 0.6) is 0 Å². The Morgan fingerprint density at radius 2 is 1.94 bits per heavy atom. The zero-order valence-electron chi connectivity index (χ0n) is 11.3. The minimum Gasteiger partial charge on any atom is -0.347 e. The normalized spacial score (nSPS) is 19.6. The van der Waals surface area contributed by atoms with Gasteiger partial charge in [-0.25, -0.2) is 0 Å². The molecule has 1 saturated carbocycles. The lowest BCUT2D eigenvalue weighted by Gasteiger charge is -2.29. The van der Waals surface area contributed by atoms with Crippen molar-refractivity contribution < 1.29 is 4.79 Å². The topological polar surface area (TPSA) is 32.3 Å². The Hall–Kier alpha value is -0.570. The summed E-state index contributed by atoms with van der Waals surface area (Å²) in [6.45, 7) is 6.42. The van der Waals surface area contributed by atoms with Crippen LogP contribution in [0.1, 0.15) is 40.0 Å². The van der Waals surface area contributed by atoms with Crippen molar-refractivity contribution in [1.82, 2.24) is 10.2 Å². The molecule has 2 atom stereocenters. The molecule has 1 N–H and O–H groups in total. The molecule has 16 heavy (non-hydrogen) atoms. The Bertz CT molecular complexity index is 234. The lowest BCUT2D eigenvalue weighted by atomic mass is 10.00. The third-order valence-electron chi connectivity index (χ3n) is 3.40. The second-order valence-corrected chi connectivity index (χ2v) is 5.47. The van der Waals surface area contributed by atoms with E-state index in [1.807, 2.05) is 14.1 Å². The van der Waals surface area contributed by atoms with Gasteiger partial charge in [0.05, 0.1) is 6.04 Å². The quantitative estimate of drug-likeness (QED) is 0.750. The molecular weight excluding hydrogens is 200 g/mol. The van der Waals surface area contributed by atoms with Crippen molar-refractivity contribution in [2.75, 3.05) is 14.1 Å². The van der Waals surface area contributed by atoms with Crippen molar-refractivity contribution >= 4 is 5.91 Å². The summed E-state index contributed by atoms with van der Waals surface area (Å²) in [5, 5.41) is 3.56. The molecule has 2 unspecified atom stereocenters. The summed E-state index contributed by atoms with van der Waals surface area (Å²) in [6, 6.07) is 0.497. The summed E-state index contributed by atoms with van der Waals surface area (Å²) in [5.41, 5.74) is 0. The summed E-state index contributed by atoms with van der Waals surface area (Å²) in [5.74, 6) is 1.36. The molecule has 0 aromatic carbocycles. The first-order chi connectivity index (χ1) is 7.47. The SMILES string of the molecule is CCC(NC(C(=O)N(C)C)C(C)C)C1CC1. The van der Waals surface area contributed by atoms with E-state index >= 15 is 0 Å². The maximum absolute atomic E-state index is 12.0. The fraction of sp³-hybridized carbons (Fsp3) is 0.923. The van der Waals surface area contributed by atoms with Gasteiger partial charge in [0.1, 0.15) is 0 Å². The molecule has 0 radical (unpaired) electrons. The van der Waals surface area contributed by atoms with Crippen LogP contribution in [0.3, 0.4) is 0 Å². The number of carbonyl (C=O) groups is 1. The highest BCUT2D eigenvalue weighted by Crippen LogP contribution is 2.34. The van der Waals surface area contributed by atoms with Gasteiger partial charge in [0.15, 0.2) is 0 Å². The molecule has 1 aliphatic carbocycles. The van der Waals surface area contributed by atoms with Gasteiger partial charge in [0, 0.05) is 20.1 Å². The van der Waals surface area contributed by atoms with Gasteiger partial charge in [-0.05, 0) is 31.1 Å². The molecule has 94 valence electrons. The van der Waals surface area contributed by atoms with Crippen molar-refractivity contribution in [2.24, 2.45) is 11.8 Å². The monoisotopic (exact) mass is 226 g/mol. The first kappa shape index (κ1) is 13.5. The smallest absolute Gasteiger partial charge is 0.239 e. The van der Waals surface area contributed by atoms with Crippen LogP contribution in [0.25, 0.3) is 0 Å². The molecule has 1 aliphatic rings. The molecule has 0 aliphatic heterocycles. The Morgan fingerprint density at radius 1 is 1.38 bits per heavy atom. The summed E-state index contributed by atoms with van der Waals surface area (Å²) in [4.78, 5) is 13.7. The maximum atomic E-state index is 12.0. The first-order valence-electron chi connectivity index (χ1n) is 6.44. The van der Waals surface area contributed by atoms with Gasteiger partial charge in [-0.1, -0.05) is 20.8 Å². The van der Waals surface area contributed by atoms with Crippen molar-refractivity contribution in [1.29, 1.82) is 0 Å². The van der Waals surface area contributed by atoms with Crippen LogP contribution in [0.15, 0.2) is 0 Å². The van der Waals surface area contributed by atoms with Crippen LogP contribution in [0.2, 0.25) is 0 Å². The van der Waals surface area contributed by atoms with Gasteiger partial charge >= 0.3 is 0 Å². The van der Waals surface area contributed by atoms with Crippen molar-refractivity contribution in [2.45, 2.75) is 52.1 Å². The molecule has 1 fully saturated rings. The first-order valence-corrected chi connectivity index (χ1v) is 6.44. The third-order valence-corrected chi connectivity index (χ3v) is 3.40. The minimum atomic E-state index is -0.0273. The molecule has 0 saturated heterocycles. The Labute approximate surface area is 99.6 Å². The predicted molar refractivity (Wildman–Crippen MR) is 67.3 cm³/mol. The third kappa shape index (κ3) is 3.48. The van der Waals surface area contributed by atoms with Gasteiger partial charge in [-0.15, -0.1) is 0 Å². The van der Waals surface area contributed by atoms with Crippen molar-refractivity contribution in [3.63, 3.8) is 0 Å². The highest BCUT2D eigenvalue weighted by atomic mass is 16.2. The summed E-state index contributed by atoms with van der Waals surface area (Å²) in [7, 11) is 3.66. The summed E-state index contributed by atoms with van der Waals surface area (Å²) < 4.78 is 0. The minimum absolute atomic E-state index is 0.0273. The second kappa shape index (κ2) is 5.67. The highest BCUT2D eigenvalue weighted by molar-refractivity contribution is 5.81. The van der Waals surface area contributed by atoms with Crippen LogP contribution in [0.4, 0.5) is 0 Å². The van der Waals surface area contributed by atoms with Crippen LogP contribution in [0, 0.1) is 11.8 Å². The Balaban J connectivity index is 2.59. The lowest BCUT2D eigenvalue weighted by molar-refractivity contribution is -0.132. The summed E-state index contributed by atoms with van der Waals surface area (Å²) in [6.07, 6.45) is 3.77. The number of nitrogens with one attached hydrogen (secondary N) is 1. The van der Waals surface area contributed by atoms with E-state index in [0.29, 0.717) is 12.0 Å². The average Bonchev–Trinajstić information content (AvgIpc) is 3.01. The molecule has 3 nitrogen and oxygen atoms in total.